The number of ketones is 1. The first-order valence-electron chi connectivity index (χ1n) is 15.1. The molecule has 44 heavy (non-hydrogen) atoms. The zero-order chi connectivity index (χ0) is 30.3. The van der Waals surface area contributed by atoms with Crippen molar-refractivity contribution in [1.82, 2.24) is 0 Å². The summed E-state index contributed by atoms with van der Waals surface area (Å²) in [7, 11) is 0. The lowest BCUT2D eigenvalue weighted by molar-refractivity contribution is -0.287. The quantitative estimate of drug-likeness (QED) is 0.158. The van der Waals surface area contributed by atoms with Gasteiger partial charge in [-0.05, 0) is 41.3 Å². The molecule has 0 N–H and O–H groups in total. The van der Waals surface area contributed by atoms with Gasteiger partial charge in [0.25, 0.3) is 0 Å². The van der Waals surface area contributed by atoms with Crippen molar-refractivity contribution in [2.24, 2.45) is 11.8 Å². The van der Waals surface area contributed by atoms with E-state index < -0.39 is 36.6 Å². The molecule has 4 aromatic rings. The molecule has 4 aromatic carbocycles. The highest BCUT2D eigenvalue weighted by molar-refractivity contribution is 9.10. The lowest BCUT2D eigenvalue weighted by Crippen LogP contribution is -2.58. The molecule has 2 aliphatic rings. The van der Waals surface area contributed by atoms with Gasteiger partial charge in [-0.1, -0.05) is 119 Å². The van der Waals surface area contributed by atoms with E-state index in [1.54, 1.807) is 6.92 Å². The van der Waals surface area contributed by atoms with Gasteiger partial charge in [-0.15, -0.1) is 0 Å². The molecule has 228 valence electrons. The van der Waals surface area contributed by atoms with Crippen LogP contribution < -0.4 is 0 Å². The van der Waals surface area contributed by atoms with Gasteiger partial charge in [-0.2, -0.15) is 0 Å². The second-order valence-electron chi connectivity index (χ2n) is 11.4. The highest BCUT2D eigenvalue weighted by atomic mass is 79.9. The molecule has 0 spiro atoms. The topological polar surface area (TPSA) is 63.2 Å². The van der Waals surface area contributed by atoms with Gasteiger partial charge in [0, 0.05) is 4.47 Å². The van der Waals surface area contributed by atoms with Crippen molar-refractivity contribution in [2.45, 2.75) is 57.5 Å². The normalized spacial score (nSPS) is 26.3. The van der Waals surface area contributed by atoms with Gasteiger partial charge >= 0.3 is 0 Å². The van der Waals surface area contributed by atoms with Crippen molar-refractivity contribution >= 4 is 21.7 Å². The van der Waals surface area contributed by atoms with Crippen LogP contribution >= 0.6 is 15.9 Å². The molecule has 2 fully saturated rings. The fourth-order valence-corrected chi connectivity index (χ4v) is 6.67. The Morgan fingerprint density at radius 1 is 0.705 bits per heavy atom. The van der Waals surface area contributed by atoms with Crippen molar-refractivity contribution in [1.29, 1.82) is 0 Å². The maximum Gasteiger partial charge on any atom is 0.165 e. The third-order valence-electron chi connectivity index (χ3n) is 8.33. The summed E-state index contributed by atoms with van der Waals surface area (Å²) in [5, 5.41) is 0. The summed E-state index contributed by atoms with van der Waals surface area (Å²) < 4.78 is 33.9. The molecule has 0 aliphatic carbocycles. The molecule has 0 aromatic heterocycles. The van der Waals surface area contributed by atoms with Crippen LogP contribution in [-0.2, 0) is 48.3 Å². The summed E-state index contributed by atoms with van der Waals surface area (Å²) in [6, 6.07) is 38.1. The van der Waals surface area contributed by atoms with Crippen LogP contribution in [0.2, 0.25) is 0 Å². The maximum atomic E-state index is 13.4. The van der Waals surface area contributed by atoms with Crippen molar-refractivity contribution < 1.29 is 28.5 Å². The highest BCUT2D eigenvalue weighted by Gasteiger charge is 2.59. The zero-order valence-electron chi connectivity index (χ0n) is 24.7. The third kappa shape index (κ3) is 7.37. The molecule has 2 aliphatic heterocycles. The first kappa shape index (κ1) is 30.8. The SMILES string of the molecule is CC(=O)[C@H]1[C@H]2[C@@H](O[C@@H]1c1cccc(Br)c1)O[C@H](COCc1ccccc1)[C@@H](OCc1ccccc1)[C@@H]2OCc1ccccc1. The summed E-state index contributed by atoms with van der Waals surface area (Å²) in [6.45, 7) is 3.08. The van der Waals surface area contributed by atoms with Crippen molar-refractivity contribution in [3.8, 4) is 0 Å². The van der Waals surface area contributed by atoms with E-state index in [-0.39, 0.29) is 18.3 Å². The first-order chi connectivity index (χ1) is 21.6. The van der Waals surface area contributed by atoms with E-state index in [1.807, 2.05) is 115 Å². The average molecular weight is 658 g/mol. The third-order valence-corrected chi connectivity index (χ3v) is 8.82. The number of benzene rings is 4. The Morgan fingerprint density at radius 2 is 1.27 bits per heavy atom. The van der Waals surface area contributed by atoms with E-state index in [4.69, 9.17) is 23.7 Å². The zero-order valence-corrected chi connectivity index (χ0v) is 26.3. The minimum Gasteiger partial charge on any atom is -0.374 e. The number of carbonyl (C=O) groups excluding carboxylic acids is 1. The molecule has 0 saturated carbocycles. The van der Waals surface area contributed by atoms with Crippen LogP contribution in [-0.4, -0.2) is 37.0 Å². The van der Waals surface area contributed by atoms with Crippen LogP contribution in [0.3, 0.4) is 0 Å². The number of fused-ring (bicyclic) bond motifs is 1. The fourth-order valence-electron chi connectivity index (χ4n) is 6.25. The molecule has 2 saturated heterocycles. The summed E-state index contributed by atoms with van der Waals surface area (Å²) in [6.07, 6.45) is -2.65. The van der Waals surface area contributed by atoms with Crippen molar-refractivity contribution in [3.05, 3.63) is 142 Å². The summed E-state index contributed by atoms with van der Waals surface area (Å²) in [5.74, 6) is -0.838. The van der Waals surface area contributed by atoms with Gasteiger partial charge in [-0.25, -0.2) is 0 Å². The highest BCUT2D eigenvalue weighted by Crippen LogP contribution is 2.50. The van der Waals surface area contributed by atoms with E-state index in [9.17, 15) is 4.79 Å². The van der Waals surface area contributed by atoms with Gasteiger partial charge in [0.1, 0.15) is 18.0 Å². The van der Waals surface area contributed by atoms with Gasteiger partial charge in [0.2, 0.25) is 0 Å². The maximum absolute atomic E-state index is 13.4. The number of carbonyl (C=O) groups is 1. The Balaban J connectivity index is 1.33. The predicted octanol–water partition coefficient (Wildman–Crippen LogP) is 7.45. The molecular formula is C37H37BrO6. The minimum atomic E-state index is -0.671. The summed E-state index contributed by atoms with van der Waals surface area (Å²) >= 11 is 3.58. The molecule has 7 heteroatoms. The van der Waals surface area contributed by atoms with Gasteiger partial charge < -0.3 is 23.7 Å². The Morgan fingerprint density at radius 3 is 1.84 bits per heavy atom. The molecule has 7 atom stereocenters. The molecule has 0 unspecified atom stereocenters. The standard InChI is InChI=1S/C37H37BrO6/c1-25(39)32-33-36(42-23-28-16-9-4-10-17-28)35(41-22-27-14-7-3-8-15-27)31(24-40-21-26-12-5-2-6-13-26)43-37(33)44-34(32)29-18-11-19-30(38)20-29/h2-20,31-37H,21-24H2,1H3/t31-,32+,33-,34-,35-,36-,37-/m1/s1. The summed E-state index contributed by atoms with van der Waals surface area (Å²) in [5.41, 5.74) is 4.07. The molecule has 0 radical (unpaired) electrons. The smallest absolute Gasteiger partial charge is 0.165 e. The van der Waals surface area contributed by atoms with E-state index in [0.717, 1.165) is 26.7 Å². The number of hydrogen-bond acceptors (Lipinski definition) is 6. The second-order valence-corrected chi connectivity index (χ2v) is 12.3. The number of hydrogen-bond donors (Lipinski definition) is 0. The van der Waals surface area contributed by atoms with Crippen LogP contribution in [0.25, 0.3) is 0 Å². The Hall–Kier alpha value is -3.17. The number of halogens is 1. The minimum absolute atomic E-state index is 0.0278. The molecule has 6 nitrogen and oxygen atoms in total. The first-order valence-corrected chi connectivity index (χ1v) is 15.9. The molecule has 6 rings (SSSR count). The lowest BCUT2D eigenvalue weighted by atomic mass is 9.77. The van der Waals surface area contributed by atoms with E-state index >= 15 is 0 Å². The Kier molecular flexibility index (Phi) is 10.3. The molecular weight excluding hydrogens is 620 g/mol. The fraction of sp³-hybridized carbons (Fsp3) is 0.324. The molecule has 2 heterocycles. The van der Waals surface area contributed by atoms with Crippen LogP contribution in [0.1, 0.15) is 35.3 Å². The predicted molar refractivity (Wildman–Crippen MR) is 170 cm³/mol. The van der Waals surface area contributed by atoms with E-state index in [0.29, 0.717) is 19.8 Å². The van der Waals surface area contributed by atoms with E-state index in [1.165, 1.54) is 0 Å². The van der Waals surface area contributed by atoms with Crippen molar-refractivity contribution in [2.75, 3.05) is 6.61 Å². The van der Waals surface area contributed by atoms with Gasteiger partial charge in [-0.3, -0.25) is 4.79 Å². The van der Waals surface area contributed by atoms with E-state index in [2.05, 4.69) is 15.9 Å². The lowest BCUT2D eigenvalue weighted by Gasteiger charge is -2.44. The molecule has 0 amide bonds. The van der Waals surface area contributed by atoms with Crippen LogP contribution in [0.4, 0.5) is 0 Å². The average Bonchev–Trinajstić information content (AvgIpc) is 3.44. The van der Waals surface area contributed by atoms with Crippen molar-refractivity contribution in [3.63, 3.8) is 0 Å². The number of Topliss-reactive ketones (excluding diaryl/α,β-unsaturated/α-hetero) is 1. The largest absolute Gasteiger partial charge is 0.374 e. The van der Waals surface area contributed by atoms with Crippen LogP contribution in [0.15, 0.2) is 120 Å². The van der Waals surface area contributed by atoms with Gasteiger partial charge in [0.05, 0.1) is 50.5 Å². The Labute approximate surface area is 267 Å². The monoisotopic (exact) mass is 656 g/mol. The van der Waals surface area contributed by atoms with Crippen LogP contribution in [0, 0.1) is 11.8 Å². The second kappa shape index (κ2) is 14.7. The van der Waals surface area contributed by atoms with Crippen LogP contribution in [0.5, 0.6) is 0 Å². The number of rotatable bonds is 12. The molecule has 0 bridgehead atoms. The van der Waals surface area contributed by atoms with Gasteiger partial charge in [0.15, 0.2) is 6.29 Å². The number of ether oxygens (including phenoxy) is 5. The Bertz CT molecular complexity index is 1480. The summed E-state index contributed by atoms with van der Waals surface area (Å²) in [4.78, 5) is 13.4.